The van der Waals surface area contributed by atoms with Crippen LogP contribution in [0.25, 0.3) is 0 Å². The van der Waals surface area contributed by atoms with Gasteiger partial charge in [-0.2, -0.15) is 0 Å². The van der Waals surface area contributed by atoms with Crippen LogP contribution in [0.15, 0.2) is 12.2 Å². The van der Waals surface area contributed by atoms with Crippen molar-refractivity contribution in [1.29, 1.82) is 0 Å². The van der Waals surface area contributed by atoms with E-state index in [1.165, 1.54) is 6.42 Å². The Morgan fingerprint density at radius 2 is 2.25 bits per heavy atom. The molecule has 0 spiro atoms. The van der Waals surface area contributed by atoms with E-state index >= 15 is 0 Å². The molecule has 0 N–H and O–H groups in total. The molecule has 1 atom stereocenters. The van der Waals surface area contributed by atoms with Crippen LogP contribution in [0.5, 0.6) is 0 Å². The number of alkyl halides is 1. The monoisotopic (exact) mass is 132 g/mol. The Labute approximate surface area is 56.5 Å². The molecule has 0 aliphatic heterocycles. The fraction of sp³-hybridized carbons (Fsp3) is 0.714. The summed E-state index contributed by atoms with van der Waals surface area (Å²) >= 11 is 5.79. The van der Waals surface area contributed by atoms with Crippen molar-refractivity contribution >= 4 is 11.6 Å². The van der Waals surface area contributed by atoms with Gasteiger partial charge in [0.2, 0.25) is 0 Å². The Morgan fingerprint density at radius 1 is 1.62 bits per heavy atom. The van der Waals surface area contributed by atoms with E-state index in [-0.39, 0.29) is 5.38 Å². The highest BCUT2D eigenvalue weighted by Crippen LogP contribution is 2.05. The Kier molecular flexibility index (Phi) is 5.19. The smallest absolute Gasteiger partial charge is 0.0515 e. The third kappa shape index (κ3) is 4.20. The van der Waals surface area contributed by atoms with E-state index in [1.807, 2.05) is 19.1 Å². The van der Waals surface area contributed by atoms with E-state index in [4.69, 9.17) is 11.6 Å². The summed E-state index contributed by atoms with van der Waals surface area (Å²) in [7, 11) is 0. The average Bonchev–Trinajstić information content (AvgIpc) is 1.68. The molecule has 0 rings (SSSR count). The molecular weight excluding hydrogens is 120 g/mol. The average molecular weight is 133 g/mol. The molecule has 0 nitrogen and oxygen atoms in total. The molecule has 0 saturated heterocycles. The van der Waals surface area contributed by atoms with Crippen molar-refractivity contribution in [1.82, 2.24) is 0 Å². The van der Waals surface area contributed by atoms with E-state index in [0.717, 1.165) is 6.42 Å². The van der Waals surface area contributed by atoms with E-state index in [9.17, 15) is 0 Å². The van der Waals surface area contributed by atoms with Crippen molar-refractivity contribution in [2.45, 2.75) is 32.1 Å². The van der Waals surface area contributed by atoms with Crippen LogP contribution in [0, 0.1) is 0 Å². The lowest BCUT2D eigenvalue weighted by Gasteiger charge is -1.97. The van der Waals surface area contributed by atoms with Crippen molar-refractivity contribution in [3.05, 3.63) is 12.2 Å². The minimum absolute atomic E-state index is 0.255. The minimum Gasteiger partial charge on any atom is -0.118 e. The number of hydrogen-bond donors (Lipinski definition) is 0. The quantitative estimate of drug-likeness (QED) is 0.409. The van der Waals surface area contributed by atoms with Crippen LogP contribution in [0.4, 0.5) is 0 Å². The predicted octanol–water partition coefficient (Wildman–Crippen LogP) is 2.97. The van der Waals surface area contributed by atoms with Gasteiger partial charge in [-0.25, -0.2) is 0 Å². The maximum Gasteiger partial charge on any atom is 0.0515 e. The van der Waals surface area contributed by atoms with E-state index in [2.05, 4.69) is 6.92 Å². The molecule has 0 radical (unpaired) electrons. The molecule has 0 fully saturated rings. The van der Waals surface area contributed by atoms with E-state index in [1.54, 1.807) is 0 Å². The van der Waals surface area contributed by atoms with E-state index in [0.29, 0.717) is 0 Å². The summed E-state index contributed by atoms with van der Waals surface area (Å²) < 4.78 is 0. The van der Waals surface area contributed by atoms with Gasteiger partial charge >= 0.3 is 0 Å². The Hall–Kier alpha value is 0.0300. The molecule has 0 aromatic rings. The van der Waals surface area contributed by atoms with Gasteiger partial charge in [0.25, 0.3) is 0 Å². The Bertz CT molecular complexity index is 66.8. The molecule has 0 amide bonds. The first-order valence-corrected chi connectivity index (χ1v) is 3.51. The number of hydrogen-bond acceptors (Lipinski definition) is 0. The summed E-state index contributed by atoms with van der Waals surface area (Å²) in [6.07, 6.45) is 6.27. The molecule has 48 valence electrons. The van der Waals surface area contributed by atoms with Gasteiger partial charge in [0.15, 0.2) is 0 Å². The van der Waals surface area contributed by atoms with E-state index < -0.39 is 0 Å². The van der Waals surface area contributed by atoms with Crippen molar-refractivity contribution in [3.8, 4) is 0 Å². The fourth-order valence-electron chi connectivity index (χ4n) is 0.581. The highest BCUT2D eigenvalue weighted by atomic mass is 35.5. The Balaban J connectivity index is 3.17. The topological polar surface area (TPSA) is 0 Å². The molecule has 0 saturated carbocycles. The zero-order valence-corrected chi connectivity index (χ0v) is 6.28. The third-order valence-electron chi connectivity index (χ3n) is 0.966. The van der Waals surface area contributed by atoms with Gasteiger partial charge in [-0.3, -0.25) is 0 Å². The third-order valence-corrected chi connectivity index (χ3v) is 1.33. The first-order chi connectivity index (χ1) is 3.81. The summed E-state index contributed by atoms with van der Waals surface area (Å²) in [4.78, 5) is 0. The van der Waals surface area contributed by atoms with Gasteiger partial charge in [-0.1, -0.05) is 25.5 Å². The molecule has 0 bridgehead atoms. The SMILES string of the molecule is C/C=C/[C@H](Cl)CCC. The maximum atomic E-state index is 5.79. The van der Waals surface area contributed by atoms with Gasteiger partial charge in [-0.05, 0) is 13.3 Å². The van der Waals surface area contributed by atoms with Crippen molar-refractivity contribution in [2.75, 3.05) is 0 Å². The molecule has 1 heteroatoms. The Morgan fingerprint density at radius 3 is 2.62 bits per heavy atom. The van der Waals surface area contributed by atoms with Crippen LogP contribution < -0.4 is 0 Å². The second-order valence-electron chi connectivity index (χ2n) is 1.83. The molecule has 0 aliphatic rings. The highest BCUT2D eigenvalue weighted by molar-refractivity contribution is 6.21. The lowest BCUT2D eigenvalue weighted by Crippen LogP contribution is -1.89. The number of halogens is 1. The molecule has 0 unspecified atom stereocenters. The summed E-state index contributed by atoms with van der Waals surface area (Å²) in [5, 5.41) is 0.255. The summed E-state index contributed by atoms with van der Waals surface area (Å²) in [5.41, 5.74) is 0. The highest BCUT2D eigenvalue weighted by Gasteiger charge is 1.93. The van der Waals surface area contributed by atoms with Crippen LogP contribution >= 0.6 is 11.6 Å². The molecule has 0 aliphatic carbocycles. The minimum atomic E-state index is 0.255. The van der Waals surface area contributed by atoms with Crippen LogP contribution in [0.1, 0.15) is 26.7 Å². The number of allylic oxidation sites excluding steroid dienone is 2. The van der Waals surface area contributed by atoms with Crippen LogP contribution in [0.3, 0.4) is 0 Å². The van der Waals surface area contributed by atoms with Gasteiger partial charge in [-0.15, -0.1) is 11.6 Å². The summed E-state index contributed by atoms with van der Waals surface area (Å²) in [5.74, 6) is 0. The van der Waals surface area contributed by atoms with Gasteiger partial charge < -0.3 is 0 Å². The first kappa shape index (κ1) is 8.03. The second-order valence-corrected chi connectivity index (χ2v) is 2.39. The summed E-state index contributed by atoms with van der Waals surface area (Å²) in [6.45, 7) is 4.13. The van der Waals surface area contributed by atoms with Gasteiger partial charge in [0.05, 0.1) is 5.38 Å². The lowest BCUT2D eigenvalue weighted by atomic mass is 10.2. The molecule has 0 heterocycles. The lowest BCUT2D eigenvalue weighted by molar-refractivity contribution is 0.820. The van der Waals surface area contributed by atoms with Crippen molar-refractivity contribution in [2.24, 2.45) is 0 Å². The largest absolute Gasteiger partial charge is 0.118 e. The van der Waals surface area contributed by atoms with Gasteiger partial charge in [0, 0.05) is 0 Å². The maximum absolute atomic E-state index is 5.79. The van der Waals surface area contributed by atoms with Crippen molar-refractivity contribution < 1.29 is 0 Å². The molecule has 8 heavy (non-hydrogen) atoms. The standard InChI is InChI=1S/C7H13Cl/c1-3-5-7(8)6-4-2/h3,5,7H,4,6H2,1-2H3/b5-3+/t7-/m0/s1. The zero-order chi connectivity index (χ0) is 6.41. The van der Waals surface area contributed by atoms with Crippen LogP contribution in [-0.4, -0.2) is 5.38 Å². The fourth-order valence-corrected chi connectivity index (χ4v) is 0.945. The number of rotatable bonds is 3. The first-order valence-electron chi connectivity index (χ1n) is 3.08. The van der Waals surface area contributed by atoms with Crippen LogP contribution in [-0.2, 0) is 0 Å². The second kappa shape index (κ2) is 5.17. The van der Waals surface area contributed by atoms with Gasteiger partial charge in [0.1, 0.15) is 0 Å². The normalized spacial score (nSPS) is 14.9. The zero-order valence-electron chi connectivity index (χ0n) is 5.52. The summed E-state index contributed by atoms with van der Waals surface area (Å²) in [6, 6.07) is 0. The molecule has 0 aromatic heterocycles. The molecule has 0 aromatic carbocycles. The predicted molar refractivity (Wildman–Crippen MR) is 39.4 cm³/mol. The van der Waals surface area contributed by atoms with Crippen LogP contribution in [0.2, 0.25) is 0 Å². The van der Waals surface area contributed by atoms with Crippen molar-refractivity contribution in [3.63, 3.8) is 0 Å². The molecular formula is C7H13Cl.